The number of carboxylic acid groups (broad SMARTS) is 1. The van der Waals surface area contributed by atoms with Crippen molar-refractivity contribution in [1.82, 2.24) is 10.5 Å². The molecule has 1 atom stereocenters. The van der Waals surface area contributed by atoms with Gasteiger partial charge in [-0.3, -0.25) is 4.98 Å². The Labute approximate surface area is 112 Å². The number of ether oxygens (including phenoxy) is 1. The van der Waals surface area contributed by atoms with E-state index in [9.17, 15) is 4.79 Å². The number of aromatic nitrogens is 1. The number of nitrogens with zero attached hydrogens (tertiary/aromatic N) is 1. The van der Waals surface area contributed by atoms with Crippen LogP contribution in [0, 0.1) is 0 Å². The SMILES string of the molecule is O=C(O)COC1(c2ccc(Br)cn2)CCONC1. The minimum atomic E-state index is -1.00. The van der Waals surface area contributed by atoms with Crippen molar-refractivity contribution in [2.75, 3.05) is 19.8 Å². The molecule has 1 unspecified atom stereocenters. The predicted molar refractivity (Wildman–Crippen MR) is 65.8 cm³/mol. The lowest BCUT2D eigenvalue weighted by molar-refractivity contribution is -0.166. The fourth-order valence-electron chi connectivity index (χ4n) is 1.81. The van der Waals surface area contributed by atoms with Crippen LogP contribution in [0.3, 0.4) is 0 Å². The molecule has 2 N–H and O–H groups in total. The Kier molecular flexibility index (Phi) is 4.28. The molecule has 0 amide bonds. The van der Waals surface area contributed by atoms with Crippen molar-refractivity contribution < 1.29 is 19.5 Å². The fourth-order valence-corrected chi connectivity index (χ4v) is 2.04. The maximum absolute atomic E-state index is 10.7. The van der Waals surface area contributed by atoms with Gasteiger partial charge in [0.25, 0.3) is 0 Å². The Balaban J connectivity index is 2.22. The van der Waals surface area contributed by atoms with E-state index in [-0.39, 0.29) is 6.61 Å². The molecule has 0 bridgehead atoms. The molecular weight excluding hydrogens is 304 g/mol. The molecule has 0 aromatic carbocycles. The van der Waals surface area contributed by atoms with Gasteiger partial charge in [0.15, 0.2) is 0 Å². The lowest BCUT2D eigenvalue weighted by atomic mass is 9.94. The molecule has 1 aliphatic rings. The molecule has 7 heteroatoms. The quantitative estimate of drug-likeness (QED) is 0.864. The smallest absolute Gasteiger partial charge is 0.329 e. The Morgan fingerprint density at radius 2 is 2.50 bits per heavy atom. The number of hydrogen-bond acceptors (Lipinski definition) is 5. The molecule has 0 spiro atoms. The average molecular weight is 317 g/mol. The van der Waals surface area contributed by atoms with Crippen molar-refractivity contribution >= 4 is 21.9 Å². The number of pyridine rings is 1. The molecule has 1 aromatic heterocycles. The van der Waals surface area contributed by atoms with Crippen molar-refractivity contribution in [2.45, 2.75) is 12.0 Å². The molecule has 1 saturated heterocycles. The van der Waals surface area contributed by atoms with Gasteiger partial charge >= 0.3 is 5.97 Å². The summed E-state index contributed by atoms with van der Waals surface area (Å²) < 4.78 is 6.40. The normalized spacial score (nSPS) is 23.8. The maximum Gasteiger partial charge on any atom is 0.329 e. The van der Waals surface area contributed by atoms with Gasteiger partial charge in [0.2, 0.25) is 0 Å². The van der Waals surface area contributed by atoms with Crippen LogP contribution in [0.15, 0.2) is 22.8 Å². The van der Waals surface area contributed by atoms with Crippen LogP contribution in [-0.4, -0.2) is 35.8 Å². The van der Waals surface area contributed by atoms with E-state index in [0.717, 1.165) is 4.47 Å². The van der Waals surface area contributed by atoms with Gasteiger partial charge in [0.1, 0.15) is 12.2 Å². The molecule has 6 nitrogen and oxygen atoms in total. The van der Waals surface area contributed by atoms with Crippen LogP contribution in [0.25, 0.3) is 0 Å². The topological polar surface area (TPSA) is 80.7 Å². The zero-order chi connectivity index (χ0) is 13.0. The lowest BCUT2D eigenvalue weighted by Gasteiger charge is -2.36. The van der Waals surface area contributed by atoms with Crippen LogP contribution in [0.2, 0.25) is 0 Å². The van der Waals surface area contributed by atoms with Gasteiger partial charge in [-0.15, -0.1) is 0 Å². The minimum Gasteiger partial charge on any atom is -0.480 e. The first-order valence-electron chi connectivity index (χ1n) is 5.45. The highest BCUT2D eigenvalue weighted by molar-refractivity contribution is 9.10. The number of aliphatic carboxylic acids is 1. The second-order valence-electron chi connectivity index (χ2n) is 3.96. The van der Waals surface area contributed by atoms with Crippen LogP contribution in [0.5, 0.6) is 0 Å². The lowest BCUT2D eigenvalue weighted by Crippen LogP contribution is -2.47. The first-order chi connectivity index (χ1) is 8.62. The number of nitrogens with one attached hydrogen (secondary N) is 1. The van der Waals surface area contributed by atoms with Crippen LogP contribution in [0.1, 0.15) is 12.1 Å². The van der Waals surface area contributed by atoms with E-state index in [1.165, 1.54) is 0 Å². The number of rotatable bonds is 4. The van der Waals surface area contributed by atoms with Crippen LogP contribution >= 0.6 is 15.9 Å². The molecule has 1 aromatic rings. The van der Waals surface area contributed by atoms with Crippen molar-refractivity contribution in [3.8, 4) is 0 Å². The van der Waals surface area contributed by atoms with E-state index >= 15 is 0 Å². The van der Waals surface area contributed by atoms with Gasteiger partial charge in [-0.05, 0) is 28.1 Å². The van der Waals surface area contributed by atoms with E-state index in [0.29, 0.717) is 25.3 Å². The van der Waals surface area contributed by atoms with Crippen molar-refractivity contribution in [1.29, 1.82) is 0 Å². The first kappa shape index (κ1) is 13.4. The van der Waals surface area contributed by atoms with Gasteiger partial charge < -0.3 is 14.7 Å². The maximum atomic E-state index is 10.7. The number of carboxylic acids is 1. The van der Waals surface area contributed by atoms with E-state index < -0.39 is 11.6 Å². The number of halogens is 1. The second kappa shape index (κ2) is 5.75. The van der Waals surface area contributed by atoms with Crippen LogP contribution < -0.4 is 5.48 Å². The van der Waals surface area contributed by atoms with Gasteiger partial charge in [-0.2, -0.15) is 5.48 Å². The Morgan fingerprint density at radius 3 is 3.06 bits per heavy atom. The number of hydrogen-bond donors (Lipinski definition) is 2. The highest BCUT2D eigenvalue weighted by Crippen LogP contribution is 2.30. The number of hydroxylamine groups is 1. The predicted octanol–water partition coefficient (Wildman–Crippen LogP) is 1.07. The van der Waals surface area contributed by atoms with E-state index in [1.54, 1.807) is 6.20 Å². The van der Waals surface area contributed by atoms with Gasteiger partial charge in [0.05, 0.1) is 18.8 Å². The summed E-state index contributed by atoms with van der Waals surface area (Å²) in [5.74, 6) is -1.00. The summed E-state index contributed by atoms with van der Waals surface area (Å²) in [7, 11) is 0. The van der Waals surface area contributed by atoms with Crippen molar-refractivity contribution in [2.24, 2.45) is 0 Å². The third kappa shape index (κ3) is 3.05. The van der Waals surface area contributed by atoms with Crippen LogP contribution in [0.4, 0.5) is 0 Å². The van der Waals surface area contributed by atoms with E-state index in [4.69, 9.17) is 14.7 Å². The summed E-state index contributed by atoms with van der Waals surface area (Å²) in [6.07, 6.45) is 2.22. The molecule has 0 saturated carbocycles. The highest BCUT2D eigenvalue weighted by Gasteiger charge is 2.37. The molecule has 0 radical (unpaired) electrons. The van der Waals surface area contributed by atoms with Gasteiger partial charge in [-0.25, -0.2) is 4.79 Å². The minimum absolute atomic E-state index is 0.362. The zero-order valence-corrected chi connectivity index (χ0v) is 11.1. The zero-order valence-electron chi connectivity index (χ0n) is 9.56. The summed E-state index contributed by atoms with van der Waals surface area (Å²) >= 11 is 3.31. The molecule has 1 fully saturated rings. The molecule has 18 heavy (non-hydrogen) atoms. The first-order valence-corrected chi connectivity index (χ1v) is 6.24. The summed E-state index contributed by atoms with van der Waals surface area (Å²) in [5, 5.41) is 8.75. The average Bonchev–Trinajstić information content (AvgIpc) is 2.38. The van der Waals surface area contributed by atoms with E-state index in [1.807, 2.05) is 12.1 Å². The number of carbonyl (C=O) groups is 1. The monoisotopic (exact) mass is 316 g/mol. The highest BCUT2D eigenvalue weighted by atomic mass is 79.9. The summed E-state index contributed by atoms with van der Waals surface area (Å²) in [6, 6.07) is 3.67. The molecular formula is C11H13BrN2O4. The summed E-state index contributed by atoms with van der Waals surface area (Å²) in [5.41, 5.74) is 2.69. The summed E-state index contributed by atoms with van der Waals surface area (Å²) in [6.45, 7) is 0.450. The van der Waals surface area contributed by atoms with Crippen LogP contribution in [-0.2, 0) is 20.0 Å². The second-order valence-corrected chi connectivity index (χ2v) is 4.87. The standard InChI is InChI=1S/C11H13BrN2O4/c12-8-1-2-9(13-5-8)11(17-6-10(15)16)3-4-18-14-7-11/h1-2,5,14H,3-4,6-7H2,(H,15,16). The third-order valence-corrected chi connectivity index (χ3v) is 3.20. The third-order valence-electron chi connectivity index (χ3n) is 2.73. The Bertz CT molecular complexity index is 418. The fraction of sp³-hybridized carbons (Fsp3) is 0.455. The van der Waals surface area contributed by atoms with Crippen molar-refractivity contribution in [3.63, 3.8) is 0 Å². The molecule has 98 valence electrons. The summed E-state index contributed by atoms with van der Waals surface area (Å²) in [4.78, 5) is 20.0. The molecule has 2 rings (SSSR count). The molecule has 1 aliphatic heterocycles. The van der Waals surface area contributed by atoms with Gasteiger partial charge in [0, 0.05) is 17.1 Å². The van der Waals surface area contributed by atoms with Crippen molar-refractivity contribution in [3.05, 3.63) is 28.5 Å². The molecule has 2 heterocycles. The molecule has 0 aliphatic carbocycles. The Hall–Kier alpha value is -1.02. The largest absolute Gasteiger partial charge is 0.480 e. The van der Waals surface area contributed by atoms with E-state index in [2.05, 4.69) is 26.4 Å². The van der Waals surface area contributed by atoms with Gasteiger partial charge in [-0.1, -0.05) is 0 Å². The Morgan fingerprint density at radius 1 is 1.67 bits per heavy atom.